The fourth-order valence-corrected chi connectivity index (χ4v) is 0.228. The monoisotopic (exact) mass is 127 g/mol. The van der Waals surface area contributed by atoms with E-state index in [-0.39, 0.29) is 0 Å². The van der Waals surface area contributed by atoms with Crippen molar-refractivity contribution in [2.24, 2.45) is 16.5 Å². The highest BCUT2D eigenvalue weighted by Crippen LogP contribution is 1.72. The molecule has 0 aromatic rings. The molecule has 0 heterocycles. The number of hydrogen-bond donors (Lipinski definition) is 2. The van der Waals surface area contributed by atoms with Crippen LogP contribution in [0.25, 0.3) is 0 Å². The van der Waals surface area contributed by atoms with E-state index >= 15 is 0 Å². The van der Waals surface area contributed by atoms with Crippen molar-refractivity contribution in [3.05, 3.63) is 12.3 Å². The van der Waals surface area contributed by atoms with Gasteiger partial charge in [-0.05, 0) is 6.92 Å². The van der Waals surface area contributed by atoms with Gasteiger partial charge in [-0.3, -0.25) is 4.79 Å². The predicted octanol–water partition coefficient (Wildman–Crippen LogP) is -0.637. The second-order valence-corrected chi connectivity index (χ2v) is 1.49. The minimum Gasteiger partial charge on any atom is -0.387 e. The first-order valence-electron chi connectivity index (χ1n) is 2.39. The van der Waals surface area contributed by atoms with Gasteiger partial charge in [0.2, 0.25) is 5.91 Å². The van der Waals surface area contributed by atoms with E-state index in [0.29, 0.717) is 5.84 Å². The number of rotatable bonds is 2. The first kappa shape index (κ1) is 7.68. The second-order valence-electron chi connectivity index (χ2n) is 1.49. The zero-order valence-corrected chi connectivity index (χ0v) is 5.16. The van der Waals surface area contributed by atoms with Crippen LogP contribution in [-0.2, 0) is 4.79 Å². The number of amides is 1. The van der Waals surface area contributed by atoms with E-state index in [1.165, 1.54) is 6.20 Å². The van der Waals surface area contributed by atoms with E-state index in [2.05, 4.69) is 4.99 Å². The van der Waals surface area contributed by atoms with Crippen molar-refractivity contribution in [3.63, 3.8) is 0 Å². The third kappa shape index (κ3) is 6.68. The summed E-state index contributed by atoms with van der Waals surface area (Å²) in [6.07, 6.45) is 2.40. The van der Waals surface area contributed by atoms with Crippen molar-refractivity contribution in [3.8, 4) is 0 Å². The minimum absolute atomic E-state index is 0.396. The van der Waals surface area contributed by atoms with Crippen LogP contribution in [0.3, 0.4) is 0 Å². The Hall–Kier alpha value is -1.32. The summed E-state index contributed by atoms with van der Waals surface area (Å²) < 4.78 is 0. The molecule has 0 spiro atoms. The number of nitrogens with two attached hydrogens (primary N) is 2. The maximum absolute atomic E-state index is 10.0. The molecule has 0 aliphatic carbocycles. The van der Waals surface area contributed by atoms with Crippen LogP contribution in [0.2, 0.25) is 0 Å². The SMILES string of the molecule is CC(N)=N/C=C\C(N)=O. The van der Waals surface area contributed by atoms with Crippen LogP contribution in [0.5, 0.6) is 0 Å². The van der Waals surface area contributed by atoms with Crippen LogP contribution in [0.4, 0.5) is 0 Å². The maximum atomic E-state index is 10.0. The summed E-state index contributed by atoms with van der Waals surface area (Å²) in [6.45, 7) is 1.62. The molecule has 0 bridgehead atoms. The summed E-state index contributed by atoms with van der Waals surface area (Å²) >= 11 is 0. The standard InChI is InChI=1S/C5H9N3O/c1-4(6)8-3-2-5(7)9/h2-3H,1H3,(H2,6,8)(H2,7,9)/b3-2-. The third-order valence-electron chi connectivity index (χ3n) is 0.517. The highest BCUT2D eigenvalue weighted by Gasteiger charge is 1.78. The van der Waals surface area contributed by atoms with Crippen LogP contribution in [0.1, 0.15) is 6.92 Å². The fourth-order valence-electron chi connectivity index (χ4n) is 0.228. The summed E-state index contributed by atoms with van der Waals surface area (Å²) in [4.78, 5) is 13.6. The molecule has 4 heteroatoms. The lowest BCUT2D eigenvalue weighted by Crippen LogP contribution is -2.06. The molecule has 4 N–H and O–H groups in total. The van der Waals surface area contributed by atoms with Gasteiger partial charge < -0.3 is 11.5 Å². The number of primary amides is 1. The number of nitrogens with zero attached hydrogens (tertiary/aromatic N) is 1. The Kier molecular flexibility index (Phi) is 3.12. The van der Waals surface area contributed by atoms with Gasteiger partial charge in [-0.25, -0.2) is 4.99 Å². The van der Waals surface area contributed by atoms with Crippen molar-refractivity contribution in [2.45, 2.75) is 6.92 Å². The van der Waals surface area contributed by atoms with Gasteiger partial charge in [0.25, 0.3) is 0 Å². The van der Waals surface area contributed by atoms with E-state index < -0.39 is 5.91 Å². The molecule has 0 unspecified atom stereocenters. The highest BCUT2D eigenvalue weighted by molar-refractivity contribution is 5.86. The molecule has 0 rings (SSSR count). The molecule has 0 aromatic heterocycles. The molecule has 0 aliphatic heterocycles. The van der Waals surface area contributed by atoms with Crippen molar-refractivity contribution in [2.75, 3.05) is 0 Å². The fraction of sp³-hybridized carbons (Fsp3) is 0.200. The van der Waals surface area contributed by atoms with Crippen LogP contribution < -0.4 is 11.5 Å². The largest absolute Gasteiger partial charge is 0.387 e. The molecular weight excluding hydrogens is 118 g/mol. The maximum Gasteiger partial charge on any atom is 0.242 e. The van der Waals surface area contributed by atoms with Gasteiger partial charge in [0.05, 0.1) is 5.84 Å². The van der Waals surface area contributed by atoms with E-state index in [1.807, 2.05) is 0 Å². The highest BCUT2D eigenvalue weighted by atomic mass is 16.1. The van der Waals surface area contributed by atoms with Crippen molar-refractivity contribution in [1.29, 1.82) is 0 Å². The van der Waals surface area contributed by atoms with Crippen molar-refractivity contribution >= 4 is 11.7 Å². The number of carbonyl (C=O) groups excluding carboxylic acids is 1. The number of amidine groups is 1. The van der Waals surface area contributed by atoms with E-state index in [9.17, 15) is 4.79 Å². The topological polar surface area (TPSA) is 81.5 Å². The number of hydrogen-bond acceptors (Lipinski definition) is 2. The lowest BCUT2D eigenvalue weighted by atomic mass is 10.6. The summed E-state index contributed by atoms with van der Waals surface area (Å²) in [6, 6.07) is 0. The predicted molar refractivity (Wildman–Crippen MR) is 35.6 cm³/mol. The zero-order valence-electron chi connectivity index (χ0n) is 5.16. The van der Waals surface area contributed by atoms with Crippen LogP contribution in [0.15, 0.2) is 17.3 Å². The summed E-state index contributed by atoms with van der Waals surface area (Å²) in [5.41, 5.74) is 9.87. The van der Waals surface area contributed by atoms with Gasteiger partial charge in [0.15, 0.2) is 0 Å². The first-order chi connectivity index (χ1) is 4.13. The normalized spacial score (nSPS) is 12.3. The van der Waals surface area contributed by atoms with Crippen LogP contribution >= 0.6 is 0 Å². The molecule has 0 aromatic carbocycles. The molecule has 0 saturated carbocycles. The molecule has 0 radical (unpaired) electrons. The first-order valence-corrected chi connectivity index (χ1v) is 2.39. The lowest BCUT2D eigenvalue weighted by molar-refractivity contribution is -0.113. The Bertz CT molecular complexity index is 156. The molecular formula is C5H9N3O. The zero-order chi connectivity index (χ0) is 7.28. The smallest absolute Gasteiger partial charge is 0.242 e. The average Bonchev–Trinajstić information content (AvgIpc) is 1.63. The van der Waals surface area contributed by atoms with Crippen molar-refractivity contribution < 1.29 is 4.79 Å². The van der Waals surface area contributed by atoms with Crippen molar-refractivity contribution in [1.82, 2.24) is 0 Å². The van der Waals surface area contributed by atoms with Gasteiger partial charge >= 0.3 is 0 Å². The van der Waals surface area contributed by atoms with Crippen LogP contribution in [-0.4, -0.2) is 11.7 Å². The molecule has 1 amide bonds. The number of carbonyl (C=O) groups is 1. The Morgan fingerprint density at radius 3 is 2.44 bits per heavy atom. The second kappa shape index (κ2) is 3.65. The third-order valence-corrected chi connectivity index (χ3v) is 0.517. The summed E-state index contributed by atoms with van der Waals surface area (Å²) in [5, 5.41) is 0. The van der Waals surface area contributed by atoms with Gasteiger partial charge in [-0.15, -0.1) is 0 Å². The Morgan fingerprint density at radius 1 is 1.56 bits per heavy atom. The Morgan fingerprint density at radius 2 is 2.11 bits per heavy atom. The van der Waals surface area contributed by atoms with Crippen LogP contribution in [0, 0.1) is 0 Å². The molecule has 0 atom stereocenters. The van der Waals surface area contributed by atoms with E-state index in [4.69, 9.17) is 11.5 Å². The Labute approximate surface area is 53.2 Å². The average molecular weight is 127 g/mol. The van der Waals surface area contributed by atoms with Gasteiger partial charge in [-0.2, -0.15) is 0 Å². The molecule has 0 aliphatic rings. The number of aliphatic imine (C=N–C) groups is 1. The summed E-state index contributed by atoms with van der Waals surface area (Å²) in [7, 11) is 0. The Balaban J connectivity index is 3.74. The minimum atomic E-state index is -0.528. The molecule has 50 valence electrons. The van der Waals surface area contributed by atoms with E-state index in [1.54, 1.807) is 6.92 Å². The lowest BCUT2D eigenvalue weighted by Gasteiger charge is -1.81. The molecule has 0 saturated heterocycles. The summed E-state index contributed by atoms with van der Waals surface area (Å²) in [5.74, 6) is -0.132. The molecule has 4 nitrogen and oxygen atoms in total. The molecule has 0 fully saturated rings. The quantitative estimate of drug-likeness (QED) is 0.294. The molecule has 9 heavy (non-hydrogen) atoms. The van der Waals surface area contributed by atoms with Gasteiger partial charge in [0.1, 0.15) is 0 Å². The van der Waals surface area contributed by atoms with E-state index in [0.717, 1.165) is 6.08 Å². The van der Waals surface area contributed by atoms with Gasteiger partial charge in [0, 0.05) is 12.3 Å². The van der Waals surface area contributed by atoms with Gasteiger partial charge in [-0.1, -0.05) is 0 Å².